The van der Waals surface area contributed by atoms with Gasteiger partial charge in [-0.05, 0) is 51.2 Å². The van der Waals surface area contributed by atoms with Crippen LogP contribution in [0, 0.1) is 19.8 Å². The Morgan fingerprint density at radius 2 is 2.15 bits per heavy atom. The van der Waals surface area contributed by atoms with Gasteiger partial charge >= 0.3 is 0 Å². The molecule has 110 valence electrons. The predicted molar refractivity (Wildman–Crippen MR) is 83.0 cm³/mol. The van der Waals surface area contributed by atoms with Gasteiger partial charge in [0.2, 0.25) is 5.91 Å². The third-order valence-electron chi connectivity index (χ3n) is 3.93. The fourth-order valence-corrected chi connectivity index (χ4v) is 3.28. The minimum absolute atomic E-state index is 0.000596. The number of thioether (sulfide) groups is 1. The first-order chi connectivity index (χ1) is 9.44. The largest absolute Gasteiger partial charge is 0.394 e. The van der Waals surface area contributed by atoms with Crippen LogP contribution < -0.4 is 5.32 Å². The van der Waals surface area contributed by atoms with E-state index in [-0.39, 0.29) is 12.5 Å². The maximum absolute atomic E-state index is 12.1. The number of nitrogens with one attached hydrogen (secondary N) is 1. The summed E-state index contributed by atoms with van der Waals surface area (Å²) in [5.41, 5.74) is 1.96. The average Bonchev–Trinajstić information content (AvgIpc) is 3.24. The van der Waals surface area contributed by atoms with E-state index in [0.717, 1.165) is 17.7 Å². The number of carbonyl (C=O) groups is 1. The highest BCUT2D eigenvalue weighted by atomic mass is 32.2. The van der Waals surface area contributed by atoms with E-state index < -0.39 is 5.54 Å². The van der Waals surface area contributed by atoms with E-state index in [1.165, 1.54) is 11.1 Å². The normalized spacial score (nSPS) is 17.6. The molecule has 1 amide bonds. The van der Waals surface area contributed by atoms with Crippen molar-refractivity contribution in [3.8, 4) is 0 Å². The van der Waals surface area contributed by atoms with Crippen molar-refractivity contribution in [1.29, 1.82) is 0 Å². The van der Waals surface area contributed by atoms with E-state index in [1.54, 1.807) is 11.8 Å². The fourth-order valence-electron chi connectivity index (χ4n) is 2.35. The first-order valence-corrected chi connectivity index (χ1v) is 8.05. The van der Waals surface area contributed by atoms with Crippen LogP contribution >= 0.6 is 11.8 Å². The van der Waals surface area contributed by atoms with Gasteiger partial charge in [0.1, 0.15) is 0 Å². The minimum Gasteiger partial charge on any atom is -0.394 e. The zero-order valence-electron chi connectivity index (χ0n) is 12.4. The number of amides is 1. The minimum atomic E-state index is -0.445. The molecule has 0 spiro atoms. The number of benzene rings is 1. The van der Waals surface area contributed by atoms with Crippen molar-refractivity contribution < 1.29 is 9.90 Å². The molecule has 1 atom stereocenters. The summed E-state index contributed by atoms with van der Waals surface area (Å²) in [6.07, 6.45) is 2.20. The highest BCUT2D eigenvalue weighted by molar-refractivity contribution is 8.00. The van der Waals surface area contributed by atoms with E-state index in [0.29, 0.717) is 11.7 Å². The number of aliphatic hydroxyl groups excluding tert-OH is 1. The maximum atomic E-state index is 12.1. The van der Waals surface area contributed by atoms with E-state index in [9.17, 15) is 9.90 Å². The van der Waals surface area contributed by atoms with E-state index >= 15 is 0 Å². The van der Waals surface area contributed by atoms with Gasteiger partial charge in [0.25, 0.3) is 0 Å². The van der Waals surface area contributed by atoms with Crippen molar-refractivity contribution in [3.05, 3.63) is 29.3 Å². The average molecular weight is 293 g/mol. The summed E-state index contributed by atoms with van der Waals surface area (Å²) in [6.45, 7) is 6.06. The molecule has 2 N–H and O–H groups in total. The molecule has 1 aromatic rings. The van der Waals surface area contributed by atoms with E-state index in [1.807, 2.05) is 6.92 Å². The van der Waals surface area contributed by atoms with Crippen LogP contribution in [0.5, 0.6) is 0 Å². The first kappa shape index (κ1) is 15.4. The molecule has 0 bridgehead atoms. The molecule has 0 saturated heterocycles. The van der Waals surface area contributed by atoms with Gasteiger partial charge in [-0.15, -0.1) is 11.8 Å². The molecule has 0 heterocycles. The molecule has 0 aromatic heterocycles. The second-order valence-electron chi connectivity index (χ2n) is 5.96. The Bertz CT molecular complexity index is 499. The van der Waals surface area contributed by atoms with Crippen LogP contribution in [0.4, 0.5) is 0 Å². The summed E-state index contributed by atoms with van der Waals surface area (Å²) in [6, 6.07) is 6.27. The Balaban J connectivity index is 1.90. The molecule has 0 radical (unpaired) electrons. The van der Waals surface area contributed by atoms with Gasteiger partial charge in [-0.2, -0.15) is 0 Å². The molecular weight excluding hydrogens is 270 g/mol. The fraction of sp³-hybridized carbons (Fsp3) is 0.562. The molecule has 1 aromatic carbocycles. The van der Waals surface area contributed by atoms with Crippen molar-refractivity contribution in [2.75, 3.05) is 12.4 Å². The third-order valence-corrected chi connectivity index (χ3v) is 5.09. The van der Waals surface area contributed by atoms with E-state index in [4.69, 9.17) is 0 Å². The van der Waals surface area contributed by atoms with Crippen molar-refractivity contribution in [2.24, 2.45) is 5.92 Å². The molecule has 1 saturated carbocycles. The summed E-state index contributed by atoms with van der Waals surface area (Å²) in [4.78, 5) is 13.2. The second kappa shape index (κ2) is 6.19. The van der Waals surface area contributed by atoms with Gasteiger partial charge in [-0.1, -0.05) is 17.7 Å². The van der Waals surface area contributed by atoms with Crippen LogP contribution in [0.2, 0.25) is 0 Å². The Kier molecular flexibility index (Phi) is 4.76. The smallest absolute Gasteiger partial charge is 0.230 e. The lowest BCUT2D eigenvalue weighted by Gasteiger charge is -2.28. The number of hydrogen-bond acceptors (Lipinski definition) is 3. The van der Waals surface area contributed by atoms with Crippen LogP contribution in [-0.4, -0.2) is 28.9 Å². The lowest BCUT2D eigenvalue weighted by Crippen LogP contribution is -2.51. The Morgan fingerprint density at radius 3 is 2.75 bits per heavy atom. The van der Waals surface area contributed by atoms with Gasteiger partial charge in [-0.3, -0.25) is 4.79 Å². The summed E-state index contributed by atoms with van der Waals surface area (Å²) >= 11 is 1.56. The Morgan fingerprint density at radius 1 is 1.45 bits per heavy atom. The molecule has 0 aliphatic heterocycles. The summed E-state index contributed by atoms with van der Waals surface area (Å²) < 4.78 is 0. The number of rotatable bonds is 6. The zero-order valence-corrected chi connectivity index (χ0v) is 13.2. The predicted octanol–water partition coefficient (Wildman–Crippen LogP) is 2.67. The van der Waals surface area contributed by atoms with Gasteiger partial charge < -0.3 is 10.4 Å². The summed E-state index contributed by atoms with van der Waals surface area (Å²) in [5, 5.41) is 12.5. The molecule has 2 rings (SSSR count). The molecule has 1 aliphatic rings. The van der Waals surface area contributed by atoms with Crippen LogP contribution in [0.25, 0.3) is 0 Å². The lowest BCUT2D eigenvalue weighted by atomic mass is 9.97. The standard InChI is InChI=1S/C16H23NO2S/c1-11-4-5-12(2)14(8-11)20-9-15(19)17-16(3,10-18)13-6-7-13/h4-5,8,13,18H,6-7,9-10H2,1-3H3,(H,17,19). The molecule has 1 unspecified atom stereocenters. The quantitative estimate of drug-likeness (QED) is 0.793. The molecule has 1 fully saturated rings. The molecule has 20 heavy (non-hydrogen) atoms. The highest BCUT2D eigenvalue weighted by Gasteiger charge is 2.42. The van der Waals surface area contributed by atoms with Crippen LogP contribution in [0.15, 0.2) is 23.1 Å². The van der Waals surface area contributed by atoms with Crippen molar-refractivity contribution >= 4 is 17.7 Å². The van der Waals surface area contributed by atoms with Gasteiger partial charge in [0.05, 0.1) is 17.9 Å². The van der Waals surface area contributed by atoms with Gasteiger partial charge in [-0.25, -0.2) is 0 Å². The summed E-state index contributed by atoms with van der Waals surface area (Å²) in [5.74, 6) is 0.827. The second-order valence-corrected chi connectivity index (χ2v) is 6.97. The summed E-state index contributed by atoms with van der Waals surface area (Å²) in [7, 11) is 0. The maximum Gasteiger partial charge on any atom is 0.230 e. The molecule has 1 aliphatic carbocycles. The molecular formula is C16H23NO2S. The monoisotopic (exact) mass is 293 g/mol. The van der Waals surface area contributed by atoms with Crippen molar-refractivity contribution in [2.45, 2.75) is 44.0 Å². The number of hydrogen-bond donors (Lipinski definition) is 2. The lowest BCUT2D eigenvalue weighted by molar-refractivity contribution is -0.121. The van der Waals surface area contributed by atoms with Crippen molar-refractivity contribution in [1.82, 2.24) is 5.32 Å². The van der Waals surface area contributed by atoms with Crippen LogP contribution in [0.3, 0.4) is 0 Å². The number of carbonyl (C=O) groups excluding carboxylic acids is 1. The Hall–Kier alpha value is -1.00. The van der Waals surface area contributed by atoms with Gasteiger partial charge in [0, 0.05) is 4.90 Å². The topological polar surface area (TPSA) is 49.3 Å². The van der Waals surface area contributed by atoms with Gasteiger partial charge in [0.15, 0.2) is 0 Å². The molecule has 3 nitrogen and oxygen atoms in total. The highest BCUT2D eigenvalue weighted by Crippen LogP contribution is 2.39. The zero-order chi connectivity index (χ0) is 14.8. The van der Waals surface area contributed by atoms with Crippen LogP contribution in [-0.2, 0) is 4.79 Å². The van der Waals surface area contributed by atoms with Crippen molar-refractivity contribution in [3.63, 3.8) is 0 Å². The van der Waals surface area contributed by atoms with E-state index in [2.05, 4.69) is 37.4 Å². The Labute approximate surface area is 125 Å². The molecule has 4 heteroatoms. The third kappa shape index (κ3) is 3.76. The number of aliphatic hydroxyl groups is 1. The number of aryl methyl sites for hydroxylation is 2. The van der Waals surface area contributed by atoms with Crippen LogP contribution in [0.1, 0.15) is 30.9 Å². The first-order valence-electron chi connectivity index (χ1n) is 7.06. The SMILES string of the molecule is Cc1ccc(C)c(SCC(=O)NC(C)(CO)C2CC2)c1.